The number of aliphatic carboxylic acids is 1. The number of thioether (sulfide) groups is 1. The van der Waals surface area contributed by atoms with E-state index in [9.17, 15) is 4.79 Å². The molecule has 1 rings (SSSR count). The summed E-state index contributed by atoms with van der Waals surface area (Å²) in [6.45, 7) is 0. The van der Waals surface area contributed by atoms with Gasteiger partial charge in [-0.25, -0.2) is 0 Å². The van der Waals surface area contributed by atoms with Crippen molar-refractivity contribution in [2.24, 2.45) is 5.73 Å². The molecular weight excluding hydrogens is 278 g/mol. The quantitative estimate of drug-likeness (QED) is 0.834. The second-order valence-electron chi connectivity index (χ2n) is 3.15. The highest BCUT2D eigenvalue weighted by Gasteiger charge is 2.12. The van der Waals surface area contributed by atoms with Gasteiger partial charge >= 0.3 is 5.97 Å². The molecule has 3 N–H and O–H groups in total. The molecule has 1 aromatic carbocycles. The largest absolute Gasteiger partial charge is 0.480 e. The Morgan fingerprint density at radius 2 is 2.27 bits per heavy atom. The molecule has 0 saturated carbocycles. The lowest BCUT2D eigenvalue weighted by Gasteiger charge is -2.08. The standard InChI is InChI=1S/C10H12BrNO2S/c1-15-8-3-6(2-7(11)5-8)4-9(12)10(13)14/h2-3,5,9H,4,12H2,1H3,(H,13,14). The van der Waals surface area contributed by atoms with E-state index in [1.54, 1.807) is 11.8 Å². The maximum atomic E-state index is 10.6. The Balaban J connectivity index is 2.85. The normalized spacial score (nSPS) is 12.5. The van der Waals surface area contributed by atoms with Crippen LogP contribution in [-0.2, 0) is 11.2 Å². The number of halogens is 1. The van der Waals surface area contributed by atoms with Gasteiger partial charge in [-0.1, -0.05) is 15.9 Å². The molecule has 0 bridgehead atoms. The van der Waals surface area contributed by atoms with E-state index in [1.807, 2.05) is 24.5 Å². The molecule has 82 valence electrons. The minimum Gasteiger partial charge on any atom is -0.480 e. The average Bonchev–Trinajstić information content (AvgIpc) is 2.16. The van der Waals surface area contributed by atoms with Gasteiger partial charge in [0.05, 0.1) is 0 Å². The molecule has 3 nitrogen and oxygen atoms in total. The molecule has 1 unspecified atom stereocenters. The van der Waals surface area contributed by atoms with E-state index in [4.69, 9.17) is 10.8 Å². The van der Waals surface area contributed by atoms with Crippen LogP contribution in [0.3, 0.4) is 0 Å². The van der Waals surface area contributed by atoms with Crippen LogP contribution in [0.5, 0.6) is 0 Å². The van der Waals surface area contributed by atoms with Crippen LogP contribution in [0, 0.1) is 0 Å². The third-order valence-corrected chi connectivity index (χ3v) is 3.10. The van der Waals surface area contributed by atoms with Gasteiger partial charge in [0.25, 0.3) is 0 Å². The minimum atomic E-state index is -0.972. The zero-order valence-electron chi connectivity index (χ0n) is 8.24. The smallest absolute Gasteiger partial charge is 0.320 e. The summed E-state index contributed by atoms with van der Waals surface area (Å²) in [5, 5.41) is 8.70. The van der Waals surface area contributed by atoms with Crippen molar-refractivity contribution >= 4 is 33.7 Å². The molecule has 0 radical (unpaired) electrons. The van der Waals surface area contributed by atoms with E-state index in [2.05, 4.69) is 15.9 Å². The fourth-order valence-corrected chi connectivity index (χ4v) is 2.40. The first kappa shape index (κ1) is 12.5. The van der Waals surface area contributed by atoms with Gasteiger partial charge in [-0.15, -0.1) is 11.8 Å². The van der Waals surface area contributed by atoms with E-state index in [0.717, 1.165) is 14.9 Å². The number of nitrogens with two attached hydrogens (primary N) is 1. The third-order valence-electron chi connectivity index (χ3n) is 1.94. The van der Waals surface area contributed by atoms with E-state index >= 15 is 0 Å². The number of carbonyl (C=O) groups is 1. The monoisotopic (exact) mass is 289 g/mol. The van der Waals surface area contributed by atoms with Crippen molar-refractivity contribution in [3.63, 3.8) is 0 Å². The summed E-state index contributed by atoms with van der Waals surface area (Å²) in [5.74, 6) is -0.972. The van der Waals surface area contributed by atoms with Gasteiger partial charge in [0.15, 0.2) is 0 Å². The van der Waals surface area contributed by atoms with Crippen LogP contribution < -0.4 is 5.73 Å². The van der Waals surface area contributed by atoms with Crippen LogP contribution in [0.1, 0.15) is 5.56 Å². The van der Waals surface area contributed by atoms with Gasteiger partial charge < -0.3 is 10.8 Å². The van der Waals surface area contributed by atoms with E-state index in [0.29, 0.717) is 6.42 Å². The van der Waals surface area contributed by atoms with Crippen molar-refractivity contribution in [1.82, 2.24) is 0 Å². The number of rotatable bonds is 4. The topological polar surface area (TPSA) is 63.3 Å². The zero-order valence-corrected chi connectivity index (χ0v) is 10.6. The Morgan fingerprint density at radius 1 is 1.60 bits per heavy atom. The second kappa shape index (κ2) is 5.53. The summed E-state index contributed by atoms with van der Waals surface area (Å²) in [5.41, 5.74) is 6.40. The molecule has 0 spiro atoms. The molecule has 0 amide bonds. The van der Waals surface area contributed by atoms with Crippen LogP contribution in [0.2, 0.25) is 0 Å². The first-order valence-electron chi connectivity index (χ1n) is 4.34. The molecular formula is C10H12BrNO2S. The summed E-state index contributed by atoms with van der Waals surface area (Å²) >= 11 is 4.99. The van der Waals surface area contributed by atoms with E-state index in [-0.39, 0.29) is 0 Å². The SMILES string of the molecule is CSc1cc(Br)cc(CC(N)C(=O)O)c1. The predicted octanol–water partition coefficient (Wildman–Crippen LogP) is 2.13. The number of hydrogen-bond donors (Lipinski definition) is 2. The fourth-order valence-electron chi connectivity index (χ4n) is 1.20. The summed E-state index contributed by atoms with van der Waals surface area (Å²) in [4.78, 5) is 11.7. The highest BCUT2D eigenvalue weighted by molar-refractivity contribution is 9.10. The van der Waals surface area contributed by atoms with Gasteiger partial charge in [0, 0.05) is 9.37 Å². The molecule has 5 heteroatoms. The lowest BCUT2D eigenvalue weighted by atomic mass is 10.1. The van der Waals surface area contributed by atoms with Crippen molar-refractivity contribution in [3.05, 3.63) is 28.2 Å². The van der Waals surface area contributed by atoms with Crippen LogP contribution in [-0.4, -0.2) is 23.4 Å². The van der Waals surface area contributed by atoms with Crippen molar-refractivity contribution in [2.45, 2.75) is 17.4 Å². The molecule has 0 heterocycles. The van der Waals surface area contributed by atoms with Gasteiger partial charge in [-0.3, -0.25) is 4.79 Å². The van der Waals surface area contributed by atoms with Crippen LogP contribution >= 0.6 is 27.7 Å². The maximum Gasteiger partial charge on any atom is 0.320 e. The Kier molecular flexibility index (Phi) is 4.63. The van der Waals surface area contributed by atoms with E-state index in [1.165, 1.54) is 0 Å². The summed E-state index contributed by atoms with van der Waals surface area (Å²) in [7, 11) is 0. The van der Waals surface area contributed by atoms with Gasteiger partial charge in [-0.2, -0.15) is 0 Å². The van der Waals surface area contributed by atoms with Gasteiger partial charge in [-0.05, 0) is 36.4 Å². The Bertz CT molecular complexity index is 370. The summed E-state index contributed by atoms with van der Waals surface area (Å²) in [6, 6.07) is 5.00. The number of benzene rings is 1. The third kappa shape index (κ3) is 3.85. The molecule has 0 aliphatic carbocycles. The minimum absolute atomic E-state index is 0.350. The molecule has 0 aliphatic rings. The predicted molar refractivity (Wildman–Crippen MR) is 65.2 cm³/mol. The molecule has 0 aromatic heterocycles. The fraction of sp³-hybridized carbons (Fsp3) is 0.300. The highest BCUT2D eigenvalue weighted by Crippen LogP contribution is 2.23. The van der Waals surface area contributed by atoms with Crippen molar-refractivity contribution in [1.29, 1.82) is 0 Å². The van der Waals surface area contributed by atoms with Gasteiger partial charge in [0.1, 0.15) is 6.04 Å². The van der Waals surface area contributed by atoms with Crippen LogP contribution in [0.25, 0.3) is 0 Å². The van der Waals surface area contributed by atoms with Crippen molar-refractivity contribution in [3.8, 4) is 0 Å². The molecule has 1 atom stereocenters. The Morgan fingerprint density at radius 3 is 2.80 bits per heavy atom. The molecule has 0 fully saturated rings. The lowest BCUT2D eigenvalue weighted by Crippen LogP contribution is -2.32. The first-order valence-corrected chi connectivity index (χ1v) is 6.36. The molecule has 15 heavy (non-hydrogen) atoms. The maximum absolute atomic E-state index is 10.6. The second-order valence-corrected chi connectivity index (χ2v) is 4.94. The summed E-state index contributed by atoms with van der Waals surface area (Å²) < 4.78 is 0.946. The molecule has 0 aliphatic heterocycles. The summed E-state index contributed by atoms with van der Waals surface area (Å²) in [6.07, 6.45) is 2.32. The Labute approximate surface area is 101 Å². The average molecular weight is 290 g/mol. The number of hydrogen-bond acceptors (Lipinski definition) is 3. The van der Waals surface area contributed by atoms with Gasteiger partial charge in [0.2, 0.25) is 0 Å². The molecule has 1 aromatic rings. The zero-order chi connectivity index (χ0) is 11.4. The number of carboxylic acid groups (broad SMARTS) is 1. The lowest BCUT2D eigenvalue weighted by molar-refractivity contribution is -0.138. The van der Waals surface area contributed by atoms with Crippen molar-refractivity contribution < 1.29 is 9.90 Å². The first-order chi connectivity index (χ1) is 7.02. The Hall–Kier alpha value is -0.520. The van der Waals surface area contributed by atoms with Crippen LogP contribution in [0.4, 0.5) is 0 Å². The van der Waals surface area contributed by atoms with Crippen LogP contribution in [0.15, 0.2) is 27.6 Å². The van der Waals surface area contributed by atoms with Crippen molar-refractivity contribution in [2.75, 3.05) is 6.26 Å². The number of carboxylic acids is 1. The highest BCUT2D eigenvalue weighted by atomic mass is 79.9. The molecule has 0 saturated heterocycles. The van der Waals surface area contributed by atoms with E-state index < -0.39 is 12.0 Å².